The standard InChI is InChI=1S/C26H17ClFNO3/c1-32-19-9-5-16(6-10-19)3-2-4-17-8-12-24-20(13-17)25(30)21(26(31)29-24)14-18-7-11-22(27)23(28)15-18/h5-15H,3H2,1H3,(H,29,31). The Balaban J connectivity index is 1.58. The number of methoxy groups -OCH3 is 1. The summed E-state index contributed by atoms with van der Waals surface area (Å²) >= 11 is 5.70. The molecule has 0 bridgehead atoms. The van der Waals surface area contributed by atoms with Crippen LogP contribution in [0.4, 0.5) is 10.1 Å². The van der Waals surface area contributed by atoms with Gasteiger partial charge in [0.2, 0.25) is 5.78 Å². The summed E-state index contributed by atoms with van der Waals surface area (Å²) in [5, 5.41) is 2.67. The van der Waals surface area contributed by atoms with Crippen LogP contribution < -0.4 is 10.1 Å². The Labute approximate surface area is 189 Å². The van der Waals surface area contributed by atoms with Gasteiger partial charge in [-0.25, -0.2) is 4.39 Å². The lowest BCUT2D eigenvalue weighted by atomic mass is 9.93. The molecule has 1 N–H and O–H groups in total. The number of fused-ring (bicyclic) bond motifs is 1. The molecule has 0 radical (unpaired) electrons. The summed E-state index contributed by atoms with van der Waals surface area (Å²) in [5.41, 5.74) is 2.73. The Bertz CT molecular complexity index is 1320. The van der Waals surface area contributed by atoms with Gasteiger partial charge in [0, 0.05) is 17.5 Å². The van der Waals surface area contributed by atoms with Gasteiger partial charge in [-0.15, -0.1) is 0 Å². The molecule has 0 aromatic heterocycles. The second-order valence-corrected chi connectivity index (χ2v) is 7.51. The van der Waals surface area contributed by atoms with Crippen LogP contribution in [-0.4, -0.2) is 18.8 Å². The van der Waals surface area contributed by atoms with Gasteiger partial charge in [0.1, 0.15) is 11.6 Å². The number of nitrogens with one attached hydrogen (secondary N) is 1. The number of rotatable bonds is 3. The van der Waals surface area contributed by atoms with E-state index in [2.05, 4.69) is 17.2 Å². The molecule has 158 valence electrons. The molecule has 6 heteroatoms. The number of Topliss-reactive ketones (excluding diaryl/α,β-unsaturated/α-hetero) is 1. The lowest BCUT2D eigenvalue weighted by Crippen LogP contribution is -2.27. The number of benzene rings is 3. The summed E-state index contributed by atoms with van der Waals surface area (Å²) in [4.78, 5) is 25.4. The van der Waals surface area contributed by atoms with Gasteiger partial charge in [-0.3, -0.25) is 9.59 Å². The van der Waals surface area contributed by atoms with Crippen LogP contribution in [0, 0.1) is 17.7 Å². The molecule has 0 aliphatic carbocycles. The zero-order valence-electron chi connectivity index (χ0n) is 17.0. The molecule has 1 amide bonds. The van der Waals surface area contributed by atoms with E-state index in [0.29, 0.717) is 28.8 Å². The molecule has 0 atom stereocenters. The van der Waals surface area contributed by atoms with E-state index in [9.17, 15) is 14.0 Å². The normalized spacial score (nSPS) is 13.8. The number of ether oxygens (including phenoxy) is 1. The maximum absolute atomic E-state index is 13.7. The van der Waals surface area contributed by atoms with E-state index in [0.717, 1.165) is 11.3 Å². The molecule has 4 nitrogen and oxygen atoms in total. The van der Waals surface area contributed by atoms with Gasteiger partial charge in [-0.05, 0) is 59.7 Å². The molecule has 0 fully saturated rings. The first-order chi connectivity index (χ1) is 15.4. The van der Waals surface area contributed by atoms with Crippen LogP contribution in [0.1, 0.15) is 27.0 Å². The second-order valence-electron chi connectivity index (χ2n) is 7.10. The Morgan fingerprint density at radius 3 is 2.56 bits per heavy atom. The molecule has 0 spiro atoms. The lowest BCUT2D eigenvalue weighted by molar-refractivity contribution is -0.112. The molecule has 1 aliphatic rings. The highest BCUT2D eigenvalue weighted by molar-refractivity contribution is 6.36. The SMILES string of the molecule is COc1ccc(CC#Cc2ccc3c(c2)C(=O)C(=Cc2ccc(Cl)c(F)c2)C(=O)N3)cc1. The number of hydrogen-bond donors (Lipinski definition) is 1. The van der Waals surface area contributed by atoms with Gasteiger partial charge in [0.05, 0.1) is 23.4 Å². The molecular formula is C26H17ClFNO3. The number of halogens is 2. The fourth-order valence-electron chi connectivity index (χ4n) is 3.25. The van der Waals surface area contributed by atoms with Crippen LogP contribution in [0.3, 0.4) is 0 Å². The summed E-state index contributed by atoms with van der Waals surface area (Å²) in [7, 11) is 1.61. The zero-order chi connectivity index (χ0) is 22.7. The monoisotopic (exact) mass is 445 g/mol. The summed E-state index contributed by atoms with van der Waals surface area (Å²) < 4.78 is 18.9. The molecule has 0 unspecified atom stereocenters. The van der Waals surface area contributed by atoms with Crippen molar-refractivity contribution < 1.29 is 18.7 Å². The van der Waals surface area contributed by atoms with Crippen LogP contribution in [-0.2, 0) is 11.2 Å². The molecular weight excluding hydrogens is 429 g/mol. The molecule has 1 heterocycles. The van der Waals surface area contributed by atoms with Crippen molar-refractivity contribution >= 4 is 35.1 Å². The first-order valence-corrected chi connectivity index (χ1v) is 10.1. The van der Waals surface area contributed by atoms with Crippen molar-refractivity contribution in [3.8, 4) is 17.6 Å². The molecule has 4 rings (SSSR count). The van der Waals surface area contributed by atoms with Crippen molar-refractivity contribution in [2.24, 2.45) is 0 Å². The molecule has 32 heavy (non-hydrogen) atoms. The summed E-state index contributed by atoms with van der Waals surface area (Å²) in [5.74, 6) is 5.30. The molecule has 0 saturated heterocycles. The van der Waals surface area contributed by atoms with Gasteiger partial charge in [-0.2, -0.15) is 0 Å². The summed E-state index contributed by atoms with van der Waals surface area (Å²) in [6, 6.07) is 16.8. The van der Waals surface area contributed by atoms with E-state index < -0.39 is 17.5 Å². The quantitative estimate of drug-likeness (QED) is 0.338. The van der Waals surface area contributed by atoms with Crippen molar-refractivity contribution in [3.05, 3.63) is 99.3 Å². The van der Waals surface area contributed by atoms with Gasteiger partial charge in [-0.1, -0.05) is 41.6 Å². The minimum atomic E-state index is -0.625. The molecule has 3 aromatic rings. The average Bonchev–Trinajstić information content (AvgIpc) is 2.80. The molecule has 0 saturated carbocycles. The number of amides is 1. The van der Waals surface area contributed by atoms with E-state index in [1.807, 2.05) is 24.3 Å². The lowest BCUT2D eigenvalue weighted by Gasteiger charge is -2.18. The number of anilines is 1. The van der Waals surface area contributed by atoms with Crippen LogP contribution in [0.5, 0.6) is 5.75 Å². The Morgan fingerprint density at radius 2 is 1.84 bits per heavy atom. The van der Waals surface area contributed by atoms with Crippen LogP contribution in [0.15, 0.2) is 66.2 Å². The average molecular weight is 446 g/mol. The third kappa shape index (κ3) is 4.56. The Morgan fingerprint density at radius 1 is 1.06 bits per heavy atom. The van der Waals surface area contributed by atoms with Crippen LogP contribution >= 0.6 is 11.6 Å². The minimum Gasteiger partial charge on any atom is -0.497 e. The zero-order valence-corrected chi connectivity index (χ0v) is 17.8. The van der Waals surface area contributed by atoms with E-state index in [1.54, 1.807) is 25.3 Å². The number of hydrogen-bond acceptors (Lipinski definition) is 3. The summed E-state index contributed by atoms with van der Waals surface area (Å²) in [6.45, 7) is 0. The first kappa shape index (κ1) is 21.4. The van der Waals surface area contributed by atoms with E-state index in [-0.39, 0.29) is 10.6 Å². The van der Waals surface area contributed by atoms with Crippen LogP contribution in [0.2, 0.25) is 5.02 Å². The number of carbonyl (C=O) groups is 2. The third-order valence-corrected chi connectivity index (χ3v) is 5.25. The fraction of sp³-hybridized carbons (Fsp3) is 0.0769. The largest absolute Gasteiger partial charge is 0.497 e. The highest BCUT2D eigenvalue weighted by Crippen LogP contribution is 2.28. The minimum absolute atomic E-state index is 0.0326. The summed E-state index contributed by atoms with van der Waals surface area (Å²) in [6.07, 6.45) is 1.89. The van der Waals surface area contributed by atoms with E-state index in [1.165, 1.54) is 24.3 Å². The second kappa shape index (κ2) is 9.09. The van der Waals surface area contributed by atoms with Gasteiger partial charge < -0.3 is 10.1 Å². The first-order valence-electron chi connectivity index (χ1n) is 9.73. The van der Waals surface area contributed by atoms with Crippen molar-refractivity contribution in [1.82, 2.24) is 0 Å². The Kier molecular flexibility index (Phi) is 6.07. The van der Waals surface area contributed by atoms with Gasteiger partial charge >= 0.3 is 0 Å². The smallest absolute Gasteiger partial charge is 0.259 e. The van der Waals surface area contributed by atoms with Crippen molar-refractivity contribution in [2.45, 2.75) is 6.42 Å². The predicted octanol–water partition coefficient (Wildman–Crippen LogP) is 5.30. The van der Waals surface area contributed by atoms with E-state index >= 15 is 0 Å². The maximum atomic E-state index is 13.7. The predicted molar refractivity (Wildman–Crippen MR) is 122 cm³/mol. The molecule has 1 aliphatic heterocycles. The third-order valence-electron chi connectivity index (χ3n) is 4.94. The van der Waals surface area contributed by atoms with E-state index in [4.69, 9.17) is 16.3 Å². The number of ketones is 1. The van der Waals surface area contributed by atoms with Crippen molar-refractivity contribution in [2.75, 3.05) is 12.4 Å². The van der Waals surface area contributed by atoms with Gasteiger partial charge in [0.15, 0.2) is 0 Å². The van der Waals surface area contributed by atoms with Crippen LogP contribution in [0.25, 0.3) is 6.08 Å². The Hall–Kier alpha value is -3.88. The number of carbonyl (C=O) groups excluding carboxylic acids is 2. The van der Waals surface area contributed by atoms with Gasteiger partial charge in [0.25, 0.3) is 5.91 Å². The van der Waals surface area contributed by atoms with Crippen molar-refractivity contribution in [3.63, 3.8) is 0 Å². The maximum Gasteiger partial charge on any atom is 0.259 e. The van der Waals surface area contributed by atoms with Crippen molar-refractivity contribution in [1.29, 1.82) is 0 Å². The molecule has 3 aromatic carbocycles. The fourth-order valence-corrected chi connectivity index (χ4v) is 3.37. The highest BCUT2D eigenvalue weighted by atomic mass is 35.5. The topological polar surface area (TPSA) is 55.4 Å². The highest BCUT2D eigenvalue weighted by Gasteiger charge is 2.28.